The highest BCUT2D eigenvalue weighted by Crippen LogP contribution is 2.34. The summed E-state index contributed by atoms with van der Waals surface area (Å²) in [6.07, 6.45) is 0. The average molecular weight is 380 g/mol. The van der Waals surface area contributed by atoms with Gasteiger partial charge in [-0.2, -0.15) is 0 Å². The topological polar surface area (TPSA) is 51.5 Å². The van der Waals surface area contributed by atoms with E-state index in [-0.39, 0.29) is 5.91 Å². The van der Waals surface area contributed by atoms with Gasteiger partial charge in [0, 0.05) is 23.2 Å². The molecule has 0 unspecified atom stereocenters. The van der Waals surface area contributed by atoms with Gasteiger partial charge < -0.3 is 14.5 Å². The minimum atomic E-state index is -0.235. The maximum absolute atomic E-state index is 13.3. The Hall–Kier alpha value is -2.59. The van der Waals surface area contributed by atoms with E-state index in [1.807, 2.05) is 31.2 Å². The van der Waals surface area contributed by atoms with Gasteiger partial charge in [0.1, 0.15) is 5.58 Å². The molecule has 148 valence electrons. The molecule has 0 fully saturated rings. The second-order valence-electron chi connectivity index (χ2n) is 7.62. The SMILES string of the molecule is CCOCc1c(C(=O)Nc2c(C(C)C)cccc2C(C)C)oc2ccccc12. The molecule has 1 aromatic heterocycles. The van der Waals surface area contributed by atoms with Crippen molar-refractivity contribution in [2.45, 2.75) is 53.1 Å². The van der Waals surface area contributed by atoms with Gasteiger partial charge >= 0.3 is 0 Å². The van der Waals surface area contributed by atoms with Gasteiger partial charge in [-0.1, -0.05) is 64.1 Å². The van der Waals surface area contributed by atoms with Crippen LogP contribution < -0.4 is 5.32 Å². The van der Waals surface area contributed by atoms with E-state index in [4.69, 9.17) is 9.15 Å². The van der Waals surface area contributed by atoms with E-state index in [1.165, 1.54) is 0 Å². The van der Waals surface area contributed by atoms with Gasteiger partial charge in [0.25, 0.3) is 5.91 Å². The highest BCUT2D eigenvalue weighted by atomic mass is 16.5. The standard InChI is InChI=1S/C24H29NO3/c1-6-27-14-20-19-10-7-8-13-21(19)28-23(20)24(26)25-22-17(15(2)3)11-9-12-18(22)16(4)5/h7-13,15-16H,6,14H2,1-5H3,(H,25,26). The van der Waals surface area contributed by atoms with E-state index in [0.717, 1.165) is 27.8 Å². The van der Waals surface area contributed by atoms with Crippen molar-refractivity contribution in [3.63, 3.8) is 0 Å². The summed E-state index contributed by atoms with van der Waals surface area (Å²) in [4.78, 5) is 13.3. The fourth-order valence-electron chi connectivity index (χ4n) is 3.50. The van der Waals surface area contributed by atoms with Crippen LogP contribution in [0.2, 0.25) is 0 Å². The minimum absolute atomic E-state index is 0.235. The van der Waals surface area contributed by atoms with Crippen molar-refractivity contribution in [3.8, 4) is 0 Å². The Morgan fingerprint density at radius 2 is 1.64 bits per heavy atom. The zero-order valence-corrected chi connectivity index (χ0v) is 17.3. The zero-order chi connectivity index (χ0) is 20.3. The highest BCUT2D eigenvalue weighted by Gasteiger charge is 2.23. The number of anilines is 1. The van der Waals surface area contributed by atoms with Crippen LogP contribution in [0.1, 0.15) is 73.7 Å². The predicted molar refractivity (Wildman–Crippen MR) is 114 cm³/mol. The minimum Gasteiger partial charge on any atom is -0.451 e. The number of carbonyl (C=O) groups excluding carboxylic acids is 1. The van der Waals surface area contributed by atoms with Crippen molar-refractivity contribution in [2.24, 2.45) is 0 Å². The first-order chi connectivity index (χ1) is 13.4. The van der Waals surface area contributed by atoms with Crippen LogP contribution in [0.3, 0.4) is 0 Å². The molecule has 1 N–H and O–H groups in total. The van der Waals surface area contributed by atoms with Crippen molar-refractivity contribution in [2.75, 3.05) is 11.9 Å². The quantitative estimate of drug-likeness (QED) is 0.512. The normalized spacial score (nSPS) is 11.5. The number of nitrogens with one attached hydrogen (secondary N) is 1. The van der Waals surface area contributed by atoms with Gasteiger partial charge in [0.15, 0.2) is 5.76 Å². The number of furan rings is 1. The lowest BCUT2D eigenvalue weighted by Gasteiger charge is -2.20. The first-order valence-corrected chi connectivity index (χ1v) is 9.96. The fourth-order valence-corrected chi connectivity index (χ4v) is 3.50. The summed E-state index contributed by atoms with van der Waals surface area (Å²) in [6.45, 7) is 11.4. The van der Waals surface area contributed by atoms with Crippen LogP contribution >= 0.6 is 0 Å². The van der Waals surface area contributed by atoms with Gasteiger partial charge in [-0.15, -0.1) is 0 Å². The second kappa shape index (κ2) is 8.61. The van der Waals surface area contributed by atoms with Crippen molar-refractivity contribution in [1.29, 1.82) is 0 Å². The van der Waals surface area contributed by atoms with E-state index in [2.05, 4.69) is 51.2 Å². The molecule has 0 saturated heterocycles. The third-order valence-electron chi connectivity index (χ3n) is 4.97. The molecular weight excluding hydrogens is 350 g/mol. The summed E-state index contributed by atoms with van der Waals surface area (Å²) in [5.74, 6) is 0.684. The largest absolute Gasteiger partial charge is 0.451 e. The lowest BCUT2D eigenvalue weighted by atomic mass is 9.92. The van der Waals surface area contributed by atoms with E-state index >= 15 is 0 Å². The van der Waals surface area contributed by atoms with Crippen molar-refractivity contribution >= 4 is 22.6 Å². The summed E-state index contributed by atoms with van der Waals surface area (Å²) < 4.78 is 11.5. The molecule has 0 aliphatic rings. The van der Waals surface area contributed by atoms with E-state index in [9.17, 15) is 4.79 Å². The van der Waals surface area contributed by atoms with E-state index in [1.54, 1.807) is 0 Å². The smallest absolute Gasteiger partial charge is 0.291 e. The molecule has 0 atom stereocenters. The van der Waals surface area contributed by atoms with Crippen LogP contribution in [0, 0.1) is 0 Å². The Kier molecular flexibility index (Phi) is 6.20. The number of fused-ring (bicyclic) bond motifs is 1. The lowest BCUT2D eigenvalue weighted by molar-refractivity contribution is 0.0984. The summed E-state index contributed by atoms with van der Waals surface area (Å²) in [7, 11) is 0. The molecule has 0 spiro atoms. The van der Waals surface area contributed by atoms with Crippen molar-refractivity contribution < 1.29 is 13.9 Å². The Bertz CT molecular complexity index is 943. The lowest BCUT2D eigenvalue weighted by Crippen LogP contribution is -2.17. The summed E-state index contributed by atoms with van der Waals surface area (Å²) in [6, 6.07) is 13.9. The number of rotatable bonds is 7. The van der Waals surface area contributed by atoms with Crippen LogP contribution in [-0.4, -0.2) is 12.5 Å². The molecular formula is C24H29NO3. The Labute approximate surface area is 166 Å². The molecule has 1 amide bonds. The molecule has 0 aliphatic heterocycles. The molecule has 0 aliphatic carbocycles. The molecule has 3 rings (SSSR count). The Morgan fingerprint density at radius 1 is 1.00 bits per heavy atom. The molecule has 3 aromatic rings. The second-order valence-corrected chi connectivity index (χ2v) is 7.62. The number of hydrogen-bond donors (Lipinski definition) is 1. The van der Waals surface area contributed by atoms with Crippen molar-refractivity contribution in [1.82, 2.24) is 0 Å². The molecule has 0 radical (unpaired) electrons. The summed E-state index contributed by atoms with van der Waals surface area (Å²) in [5.41, 5.74) is 4.64. The number of carbonyl (C=O) groups is 1. The van der Waals surface area contributed by atoms with Gasteiger partial charge in [-0.25, -0.2) is 0 Å². The number of benzene rings is 2. The number of amides is 1. The maximum Gasteiger partial charge on any atom is 0.291 e. The van der Waals surface area contributed by atoms with Crippen molar-refractivity contribution in [3.05, 3.63) is 64.9 Å². The third-order valence-corrected chi connectivity index (χ3v) is 4.97. The van der Waals surface area contributed by atoms with E-state index < -0.39 is 0 Å². The van der Waals surface area contributed by atoms with Crippen LogP contribution in [-0.2, 0) is 11.3 Å². The number of hydrogen-bond acceptors (Lipinski definition) is 3. The first kappa shape index (κ1) is 20.2. The van der Waals surface area contributed by atoms with Gasteiger partial charge in [-0.05, 0) is 36.0 Å². The number of para-hydroxylation sites is 2. The average Bonchev–Trinajstić information content (AvgIpc) is 3.04. The Morgan fingerprint density at radius 3 is 2.25 bits per heavy atom. The van der Waals surface area contributed by atoms with Crippen LogP contribution in [0.15, 0.2) is 46.9 Å². The molecule has 0 bridgehead atoms. The molecule has 28 heavy (non-hydrogen) atoms. The van der Waals surface area contributed by atoms with E-state index in [0.29, 0.717) is 36.4 Å². The number of ether oxygens (including phenoxy) is 1. The fraction of sp³-hybridized carbons (Fsp3) is 0.375. The summed E-state index contributed by atoms with van der Waals surface area (Å²) in [5, 5.41) is 4.07. The zero-order valence-electron chi connectivity index (χ0n) is 17.3. The molecule has 4 heteroatoms. The molecule has 4 nitrogen and oxygen atoms in total. The monoisotopic (exact) mass is 379 g/mol. The van der Waals surface area contributed by atoms with Crippen LogP contribution in [0.4, 0.5) is 5.69 Å². The summed E-state index contributed by atoms with van der Waals surface area (Å²) >= 11 is 0. The maximum atomic E-state index is 13.3. The molecule has 2 aromatic carbocycles. The third kappa shape index (κ3) is 3.97. The highest BCUT2D eigenvalue weighted by molar-refractivity contribution is 6.07. The van der Waals surface area contributed by atoms with Gasteiger partial charge in [-0.3, -0.25) is 4.79 Å². The van der Waals surface area contributed by atoms with Crippen LogP contribution in [0.5, 0.6) is 0 Å². The predicted octanol–water partition coefficient (Wildman–Crippen LogP) is 6.47. The van der Waals surface area contributed by atoms with Gasteiger partial charge in [0.05, 0.1) is 6.61 Å². The Balaban J connectivity index is 2.05. The van der Waals surface area contributed by atoms with Gasteiger partial charge in [0.2, 0.25) is 0 Å². The van der Waals surface area contributed by atoms with Crippen LogP contribution in [0.25, 0.3) is 11.0 Å². The molecule has 0 saturated carbocycles. The molecule has 1 heterocycles. The first-order valence-electron chi connectivity index (χ1n) is 9.96.